The lowest BCUT2D eigenvalue weighted by Crippen LogP contribution is -1.88. The van der Waals surface area contributed by atoms with Crippen LogP contribution >= 0.6 is 11.3 Å². The SMILES string of the molecule is Cc1cccc(-c2c(N)noc2-c2ccc([N+](=O)[O-])s2)c1. The zero-order valence-electron chi connectivity index (χ0n) is 11.1. The molecule has 3 aromatic rings. The molecule has 106 valence electrons. The average molecular weight is 301 g/mol. The van der Waals surface area contributed by atoms with Crippen molar-refractivity contribution in [3.63, 3.8) is 0 Å². The van der Waals surface area contributed by atoms with E-state index >= 15 is 0 Å². The minimum Gasteiger partial charge on any atom is -0.380 e. The van der Waals surface area contributed by atoms with E-state index < -0.39 is 4.92 Å². The Morgan fingerprint density at radius 3 is 2.81 bits per heavy atom. The monoisotopic (exact) mass is 301 g/mol. The van der Waals surface area contributed by atoms with Crippen LogP contribution in [0.15, 0.2) is 40.9 Å². The zero-order chi connectivity index (χ0) is 15.0. The van der Waals surface area contributed by atoms with Gasteiger partial charge in [-0.2, -0.15) is 0 Å². The molecule has 1 aromatic carbocycles. The van der Waals surface area contributed by atoms with E-state index in [4.69, 9.17) is 10.3 Å². The molecule has 21 heavy (non-hydrogen) atoms. The lowest BCUT2D eigenvalue weighted by atomic mass is 10.0. The molecule has 7 heteroatoms. The predicted molar refractivity (Wildman–Crippen MR) is 81.1 cm³/mol. The minimum absolute atomic E-state index is 0.0511. The number of anilines is 1. The average Bonchev–Trinajstić information content (AvgIpc) is 3.05. The van der Waals surface area contributed by atoms with Gasteiger partial charge in [0, 0.05) is 6.07 Å². The molecular formula is C14H11N3O3S. The van der Waals surface area contributed by atoms with Gasteiger partial charge in [-0.15, -0.1) is 0 Å². The van der Waals surface area contributed by atoms with Gasteiger partial charge in [-0.3, -0.25) is 10.1 Å². The van der Waals surface area contributed by atoms with E-state index in [2.05, 4.69) is 5.16 Å². The van der Waals surface area contributed by atoms with E-state index in [1.165, 1.54) is 6.07 Å². The molecule has 0 spiro atoms. The summed E-state index contributed by atoms with van der Waals surface area (Å²) < 4.78 is 5.28. The standard InChI is InChI=1S/C14H11N3O3S/c1-8-3-2-4-9(7-8)12-13(20-16-14(12)15)10-5-6-11(21-10)17(18)19/h2-7H,1H3,(H2,15,16). The van der Waals surface area contributed by atoms with Crippen LogP contribution in [0.3, 0.4) is 0 Å². The Kier molecular flexibility index (Phi) is 3.19. The number of nitrogens with two attached hydrogens (primary N) is 1. The molecule has 0 aliphatic heterocycles. The van der Waals surface area contributed by atoms with Crippen molar-refractivity contribution in [1.82, 2.24) is 5.16 Å². The first-order chi connectivity index (χ1) is 10.1. The quantitative estimate of drug-likeness (QED) is 0.585. The van der Waals surface area contributed by atoms with Crippen LogP contribution in [0.5, 0.6) is 0 Å². The number of nitrogens with zero attached hydrogens (tertiary/aromatic N) is 2. The maximum atomic E-state index is 10.8. The summed E-state index contributed by atoms with van der Waals surface area (Å²) in [7, 11) is 0. The van der Waals surface area contributed by atoms with Crippen molar-refractivity contribution in [3.8, 4) is 21.8 Å². The third-order valence-corrected chi connectivity index (χ3v) is 4.06. The van der Waals surface area contributed by atoms with Gasteiger partial charge in [0.25, 0.3) is 0 Å². The Morgan fingerprint density at radius 2 is 2.14 bits per heavy atom. The number of aryl methyl sites for hydroxylation is 1. The molecule has 0 unspecified atom stereocenters. The number of benzene rings is 1. The first-order valence-electron chi connectivity index (χ1n) is 6.13. The van der Waals surface area contributed by atoms with Gasteiger partial charge in [-0.1, -0.05) is 46.3 Å². The van der Waals surface area contributed by atoms with Gasteiger partial charge in [-0.05, 0) is 18.6 Å². The third kappa shape index (κ3) is 2.38. The number of aromatic nitrogens is 1. The highest BCUT2D eigenvalue weighted by molar-refractivity contribution is 7.18. The second kappa shape index (κ2) is 5.02. The Morgan fingerprint density at radius 1 is 1.33 bits per heavy atom. The molecular weight excluding hydrogens is 290 g/mol. The number of rotatable bonds is 3. The Labute approximate surface area is 124 Å². The van der Waals surface area contributed by atoms with Crippen molar-refractivity contribution in [2.24, 2.45) is 0 Å². The van der Waals surface area contributed by atoms with E-state index in [-0.39, 0.29) is 10.8 Å². The summed E-state index contributed by atoms with van der Waals surface area (Å²) in [6.07, 6.45) is 0. The first-order valence-corrected chi connectivity index (χ1v) is 6.94. The first kappa shape index (κ1) is 13.3. The van der Waals surface area contributed by atoms with Crippen LogP contribution in [0.4, 0.5) is 10.8 Å². The summed E-state index contributed by atoms with van der Waals surface area (Å²) in [4.78, 5) is 11.0. The third-order valence-electron chi connectivity index (χ3n) is 3.02. The van der Waals surface area contributed by atoms with Gasteiger partial charge in [0.05, 0.1) is 15.4 Å². The lowest BCUT2D eigenvalue weighted by Gasteiger charge is -2.02. The van der Waals surface area contributed by atoms with Crippen LogP contribution in [-0.2, 0) is 0 Å². The van der Waals surface area contributed by atoms with Crippen LogP contribution in [-0.4, -0.2) is 10.1 Å². The molecule has 0 atom stereocenters. The maximum Gasteiger partial charge on any atom is 0.324 e. The summed E-state index contributed by atoms with van der Waals surface area (Å²) in [6.45, 7) is 1.98. The predicted octanol–water partition coefficient (Wildman–Crippen LogP) is 3.87. The summed E-state index contributed by atoms with van der Waals surface area (Å²) >= 11 is 1.03. The maximum absolute atomic E-state index is 10.8. The van der Waals surface area contributed by atoms with Gasteiger partial charge in [0.15, 0.2) is 11.6 Å². The summed E-state index contributed by atoms with van der Waals surface area (Å²) in [5, 5.41) is 14.6. The molecule has 2 N–H and O–H groups in total. The van der Waals surface area contributed by atoms with Gasteiger partial charge in [-0.25, -0.2) is 0 Å². The van der Waals surface area contributed by atoms with E-state index in [0.717, 1.165) is 22.5 Å². The highest BCUT2D eigenvalue weighted by atomic mass is 32.1. The minimum atomic E-state index is -0.430. The van der Waals surface area contributed by atoms with Crippen LogP contribution in [0.25, 0.3) is 21.8 Å². The topological polar surface area (TPSA) is 95.2 Å². The Balaban J connectivity index is 2.14. The fourth-order valence-electron chi connectivity index (χ4n) is 2.10. The van der Waals surface area contributed by atoms with Crippen molar-refractivity contribution in [1.29, 1.82) is 0 Å². The Bertz CT molecular complexity index is 822. The van der Waals surface area contributed by atoms with Crippen molar-refractivity contribution >= 4 is 22.2 Å². The number of nitro groups is 1. The lowest BCUT2D eigenvalue weighted by molar-refractivity contribution is -0.380. The fraction of sp³-hybridized carbons (Fsp3) is 0.0714. The normalized spacial score (nSPS) is 10.7. The molecule has 3 rings (SSSR count). The molecule has 2 heterocycles. The van der Waals surface area contributed by atoms with Crippen LogP contribution < -0.4 is 5.73 Å². The van der Waals surface area contributed by atoms with Gasteiger partial charge < -0.3 is 10.3 Å². The van der Waals surface area contributed by atoms with Crippen LogP contribution in [0, 0.1) is 17.0 Å². The largest absolute Gasteiger partial charge is 0.380 e. The summed E-state index contributed by atoms with van der Waals surface area (Å²) in [5.74, 6) is 0.725. The molecule has 0 saturated carbocycles. The number of thiophene rings is 1. The molecule has 0 saturated heterocycles. The van der Waals surface area contributed by atoms with Crippen molar-refractivity contribution < 1.29 is 9.45 Å². The number of nitrogen functional groups attached to an aromatic ring is 1. The number of hydrogen-bond donors (Lipinski definition) is 1. The molecule has 0 amide bonds. The van der Waals surface area contributed by atoms with Gasteiger partial charge in [0.1, 0.15) is 0 Å². The zero-order valence-corrected chi connectivity index (χ0v) is 11.9. The van der Waals surface area contributed by atoms with Gasteiger partial charge in [0.2, 0.25) is 0 Å². The summed E-state index contributed by atoms with van der Waals surface area (Å²) in [5.41, 5.74) is 8.51. The highest BCUT2D eigenvalue weighted by Crippen LogP contribution is 2.41. The second-order valence-corrected chi connectivity index (χ2v) is 5.60. The van der Waals surface area contributed by atoms with E-state index in [1.54, 1.807) is 6.07 Å². The van der Waals surface area contributed by atoms with E-state index in [9.17, 15) is 10.1 Å². The van der Waals surface area contributed by atoms with Crippen molar-refractivity contribution in [2.45, 2.75) is 6.92 Å². The number of hydrogen-bond acceptors (Lipinski definition) is 6. The highest BCUT2D eigenvalue weighted by Gasteiger charge is 2.21. The molecule has 0 fully saturated rings. The fourth-order valence-corrected chi connectivity index (χ4v) is 2.90. The Hall–Kier alpha value is -2.67. The second-order valence-electron chi connectivity index (χ2n) is 4.54. The molecule has 0 radical (unpaired) electrons. The molecule has 0 aliphatic carbocycles. The van der Waals surface area contributed by atoms with Crippen LogP contribution in [0.1, 0.15) is 5.56 Å². The van der Waals surface area contributed by atoms with Crippen molar-refractivity contribution in [2.75, 3.05) is 5.73 Å². The smallest absolute Gasteiger partial charge is 0.324 e. The van der Waals surface area contributed by atoms with Gasteiger partial charge >= 0.3 is 5.00 Å². The van der Waals surface area contributed by atoms with E-state index in [1.807, 2.05) is 31.2 Å². The molecule has 6 nitrogen and oxygen atoms in total. The molecule has 0 aliphatic rings. The molecule has 0 bridgehead atoms. The van der Waals surface area contributed by atoms with E-state index in [0.29, 0.717) is 16.2 Å². The van der Waals surface area contributed by atoms with Crippen LogP contribution in [0.2, 0.25) is 0 Å². The summed E-state index contributed by atoms with van der Waals surface area (Å²) in [6, 6.07) is 10.8. The molecule has 2 aromatic heterocycles. The van der Waals surface area contributed by atoms with Crippen molar-refractivity contribution in [3.05, 3.63) is 52.1 Å².